The van der Waals surface area contributed by atoms with Gasteiger partial charge in [-0.3, -0.25) is 9.59 Å². The Balaban J connectivity index is 1.50. The molecule has 2 amide bonds. The Morgan fingerprint density at radius 2 is 1.62 bits per heavy atom. The fourth-order valence-electron chi connectivity index (χ4n) is 4.00. The van der Waals surface area contributed by atoms with Crippen LogP contribution in [0.1, 0.15) is 35.5 Å². The Labute approximate surface area is 232 Å². The van der Waals surface area contributed by atoms with E-state index in [-0.39, 0.29) is 5.70 Å². The van der Waals surface area contributed by atoms with Crippen LogP contribution in [0.25, 0.3) is 17.4 Å². The number of carbonyl (C=O) groups is 2. The van der Waals surface area contributed by atoms with Gasteiger partial charge in [0.1, 0.15) is 17.2 Å². The first-order valence-electron chi connectivity index (χ1n) is 12.9. The Hall–Kier alpha value is -4.99. The Morgan fingerprint density at radius 1 is 0.925 bits per heavy atom. The quantitative estimate of drug-likeness (QED) is 0.0981. The number of nitrogens with two attached hydrogens (primary N) is 1. The number of anilines is 1. The summed E-state index contributed by atoms with van der Waals surface area (Å²) in [7, 11) is 0. The summed E-state index contributed by atoms with van der Waals surface area (Å²) in [5, 5.41) is 15.8. The van der Waals surface area contributed by atoms with Crippen molar-refractivity contribution in [1.29, 1.82) is 0 Å². The minimum Gasteiger partial charge on any atom is -0.455 e. The van der Waals surface area contributed by atoms with E-state index >= 15 is 0 Å². The highest BCUT2D eigenvalue weighted by Gasteiger charge is 2.15. The third kappa shape index (κ3) is 7.31. The molecule has 0 saturated carbocycles. The van der Waals surface area contributed by atoms with Gasteiger partial charge in [0.15, 0.2) is 5.69 Å². The maximum atomic E-state index is 13.1. The van der Waals surface area contributed by atoms with E-state index in [4.69, 9.17) is 9.62 Å². The van der Waals surface area contributed by atoms with Crippen molar-refractivity contribution < 1.29 is 24.7 Å². The van der Waals surface area contributed by atoms with Crippen LogP contribution in [0.15, 0.2) is 106 Å². The number of nitrogens with zero attached hydrogens (tertiary/aromatic N) is 2. The van der Waals surface area contributed by atoms with Crippen molar-refractivity contribution in [2.24, 2.45) is 5.10 Å². The van der Waals surface area contributed by atoms with Crippen LogP contribution in [0.5, 0.6) is 0 Å². The van der Waals surface area contributed by atoms with Gasteiger partial charge in [-0.1, -0.05) is 30.3 Å². The van der Waals surface area contributed by atoms with Crippen LogP contribution in [0.2, 0.25) is 0 Å². The summed E-state index contributed by atoms with van der Waals surface area (Å²) in [6, 6.07) is 27.1. The molecule has 9 heteroatoms. The molecule has 4 aromatic rings. The number of rotatable bonds is 11. The highest BCUT2D eigenvalue weighted by Crippen LogP contribution is 2.22. The van der Waals surface area contributed by atoms with E-state index in [1.807, 2.05) is 42.5 Å². The molecule has 0 aliphatic carbocycles. The van der Waals surface area contributed by atoms with Gasteiger partial charge in [-0.2, -0.15) is 10.6 Å². The summed E-state index contributed by atoms with van der Waals surface area (Å²) in [4.78, 5) is 28.1. The Bertz CT molecular complexity index is 1470. The molecule has 0 spiro atoms. The molecule has 40 heavy (non-hydrogen) atoms. The minimum absolute atomic E-state index is 0.0440. The van der Waals surface area contributed by atoms with E-state index in [1.165, 1.54) is 6.21 Å². The number of nitrogens with one attached hydrogen (secondary N) is 2. The minimum atomic E-state index is -0.587. The second kappa shape index (κ2) is 13.7. The molecule has 0 radical (unpaired) electrons. The molecule has 0 unspecified atom stereocenters. The molecule has 1 heterocycles. The van der Waals surface area contributed by atoms with Crippen molar-refractivity contribution in [2.75, 3.05) is 18.0 Å². The van der Waals surface area contributed by atoms with Gasteiger partial charge in [0.05, 0.1) is 6.21 Å². The maximum absolute atomic E-state index is 13.1. The van der Waals surface area contributed by atoms with Gasteiger partial charge >= 0.3 is 0 Å². The van der Waals surface area contributed by atoms with E-state index in [2.05, 4.69) is 34.6 Å². The van der Waals surface area contributed by atoms with Crippen molar-refractivity contribution in [1.82, 2.24) is 10.7 Å². The predicted octanol–water partition coefficient (Wildman–Crippen LogP) is 4.30. The van der Waals surface area contributed by atoms with Crippen LogP contribution in [-0.4, -0.2) is 36.3 Å². The van der Waals surface area contributed by atoms with Crippen molar-refractivity contribution in [3.8, 4) is 11.3 Å². The van der Waals surface area contributed by atoms with Crippen LogP contribution in [-0.2, 0) is 4.79 Å². The number of hydrogen-bond acceptors (Lipinski definition) is 6. The van der Waals surface area contributed by atoms with E-state index in [0.29, 0.717) is 22.8 Å². The average molecular weight is 539 g/mol. The van der Waals surface area contributed by atoms with Gasteiger partial charge < -0.3 is 14.6 Å². The zero-order valence-electron chi connectivity index (χ0n) is 22.4. The van der Waals surface area contributed by atoms with Crippen molar-refractivity contribution in [3.63, 3.8) is 0 Å². The lowest BCUT2D eigenvalue weighted by atomic mass is 10.1. The SMILES string of the molecule is CCN(CC)c1ccc(/C=C(/NC(=O)c2ccccc2)C(=O)N/N=C/c2ccc(-c3ccc([NH2+]O)cc3)o2)cc1. The van der Waals surface area contributed by atoms with Crippen LogP contribution in [0.4, 0.5) is 11.4 Å². The van der Waals surface area contributed by atoms with Gasteiger partial charge in [-0.25, -0.2) is 10.6 Å². The first-order valence-corrected chi connectivity index (χ1v) is 12.9. The fraction of sp³-hybridized carbons (Fsp3) is 0.129. The van der Waals surface area contributed by atoms with Gasteiger partial charge in [0.25, 0.3) is 11.8 Å². The smallest absolute Gasteiger partial charge is 0.287 e. The molecule has 3 aromatic carbocycles. The molecule has 1 aromatic heterocycles. The van der Waals surface area contributed by atoms with Crippen molar-refractivity contribution in [2.45, 2.75) is 13.8 Å². The summed E-state index contributed by atoms with van der Waals surface area (Å²) >= 11 is 0. The topological polar surface area (TPSA) is 124 Å². The molecule has 5 N–H and O–H groups in total. The molecule has 4 rings (SSSR count). The van der Waals surface area contributed by atoms with Crippen LogP contribution >= 0.6 is 0 Å². The zero-order chi connectivity index (χ0) is 28.3. The summed E-state index contributed by atoms with van der Waals surface area (Å²) < 4.78 is 5.79. The van der Waals surface area contributed by atoms with Gasteiger partial charge in [-0.05, 0) is 74.0 Å². The summed E-state index contributed by atoms with van der Waals surface area (Å²) in [5.41, 5.74) is 7.30. The van der Waals surface area contributed by atoms with Gasteiger partial charge in [-0.15, -0.1) is 0 Å². The number of furan rings is 1. The standard InChI is InChI=1S/C31H31N5O4/c1-3-36(4-2)26-16-10-22(11-17-26)20-28(33-30(37)24-8-6-5-7-9-24)31(38)34-32-21-27-18-19-29(40-27)23-12-14-25(35-39)15-13-23/h5-21,35,39H,3-4H2,1-2H3,(H,33,37)(H,34,38)/p+1/b28-20+,32-21+. The summed E-state index contributed by atoms with van der Waals surface area (Å²) in [5.74, 6) is 0.0438. The highest BCUT2D eigenvalue weighted by atomic mass is 16.5. The fourth-order valence-corrected chi connectivity index (χ4v) is 4.00. The molecule has 204 valence electrons. The third-order valence-electron chi connectivity index (χ3n) is 6.19. The maximum Gasteiger partial charge on any atom is 0.287 e. The third-order valence-corrected chi connectivity index (χ3v) is 6.19. The van der Waals surface area contributed by atoms with Crippen LogP contribution in [0, 0.1) is 0 Å². The predicted molar refractivity (Wildman–Crippen MR) is 155 cm³/mol. The van der Waals surface area contributed by atoms with Crippen molar-refractivity contribution in [3.05, 3.63) is 114 Å². The lowest BCUT2D eigenvalue weighted by Crippen LogP contribution is -2.73. The van der Waals surface area contributed by atoms with Crippen molar-refractivity contribution >= 4 is 35.5 Å². The molecule has 0 bridgehead atoms. The monoisotopic (exact) mass is 538 g/mol. The summed E-state index contributed by atoms with van der Waals surface area (Å²) in [6.45, 7) is 5.96. The summed E-state index contributed by atoms with van der Waals surface area (Å²) in [6.07, 6.45) is 2.99. The first-order chi connectivity index (χ1) is 19.5. The lowest BCUT2D eigenvalue weighted by Gasteiger charge is -2.20. The number of amides is 2. The molecule has 0 saturated heterocycles. The number of carbonyl (C=O) groups excluding carboxylic acids is 2. The highest BCUT2D eigenvalue weighted by molar-refractivity contribution is 6.05. The largest absolute Gasteiger partial charge is 0.455 e. The average Bonchev–Trinajstić information content (AvgIpc) is 3.47. The number of benzene rings is 3. The lowest BCUT2D eigenvalue weighted by molar-refractivity contribution is -0.825. The normalized spacial score (nSPS) is 11.4. The van der Waals surface area contributed by atoms with E-state index in [9.17, 15) is 9.59 Å². The molecule has 0 atom stereocenters. The van der Waals surface area contributed by atoms with E-state index in [0.717, 1.165) is 35.4 Å². The number of hydrogen-bond donors (Lipinski definition) is 4. The molecular formula is C31H32N5O4+. The van der Waals surface area contributed by atoms with Gasteiger partial charge in [0, 0.05) is 42.0 Å². The van der Waals surface area contributed by atoms with E-state index in [1.54, 1.807) is 54.6 Å². The molecule has 0 aliphatic rings. The van der Waals surface area contributed by atoms with Crippen LogP contribution in [0.3, 0.4) is 0 Å². The second-order valence-corrected chi connectivity index (χ2v) is 8.79. The Kier molecular flexibility index (Phi) is 9.60. The molecule has 0 aliphatic heterocycles. The Morgan fingerprint density at radius 3 is 2.27 bits per heavy atom. The molecule has 9 nitrogen and oxygen atoms in total. The number of hydrazone groups is 1. The number of quaternary nitrogens is 1. The van der Waals surface area contributed by atoms with E-state index < -0.39 is 11.8 Å². The molecular weight excluding hydrogens is 506 g/mol. The van der Waals surface area contributed by atoms with Crippen LogP contribution < -0.4 is 21.1 Å². The second-order valence-electron chi connectivity index (χ2n) is 8.79. The molecule has 0 fully saturated rings. The van der Waals surface area contributed by atoms with Gasteiger partial charge in [0.2, 0.25) is 0 Å². The first kappa shape index (κ1) is 28.0. The zero-order valence-corrected chi connectivity index (χ0v) is 22.4.